The van der Waals surface area contributed by atoms with Crippen molar-refractivity contribution in [3.8, 4) is 0 Å². The van der Waals surface area contributed by atoms with Crippen LogP contribution in [0, 0.1) is 5.82 Å². The molecular weight excluding hydrogens is 343 g/mol. The number of halogens is 3. The maximum absolute atomic E-state index is 13.9. The summed E-state index contributed by atoms with van der Waals surface area (Å²) in [5.41, 5.74) is 1.76. The Balaban J connectivity index is 2.25. The average Bonchev–Trinajstić information content (AvgIpc) is 2.96. The smallest absolute Gasteiger partial charge is 0.139 e. The Morgan fingerprint density at radius 2 is 2.10 bits per heavy atom. The van der Waals surface area contributed by atoms with Crippen molar-refractivity contribution in [2.75, 3.05) is 5.88 Å². The van der Waals surface area contributed by atoms with Crippen molar-refractivity contribution < 1.29 is 4.39 Å². The van der Waals surface area contributed by atoms with Gasteiger partial charge in [0.2, 0.25) is 0 Å². The number of alkyl halides is 1. The first-order valence-corrected chi connectivity index (χ1v) is 8.31. The van der Waals surface area contributed by atoms with Gasteiger partial charge in [-0.3, -0.25) is 0 Å². The van der Waals surface area contributed by atoms with E-state index in [1.807, 2.05) is 0 Å². The molecule has 0 aliphatic heterocycles. The number of rotatable bonds is 3. The van der Waals surface area contributed by atoms with E-state index in [0.29, 0.717) is 16.8 Å². The van der Waals surface area contributed by atoms with Gasteiger partial charge in [-0.05, 0) is 41.8 Å². The maximum Gasteiger partial charge on any atom is 0.139 e. The Morgan fingerprint density at radius 1 is 1.40 bits per heavy atom. The summed E-state index contributed by atoms with van der Waals surface area (Å²) in [6.07, 6.45) is 5.38. The molecule has 20 heavy (non-hydrogen) atoms. The summed E-state index contributed by atoms with van der Waals surface area (Å²) >= 11 is 9.15. The molecular formula is C15H17BrClFN2. The summed E-state index contributed by atoms with van der Waals surface area (Å²) in [6.45, 7) is 2.25. The van der Waals surface area contributed by atoms with Crippen LogP contribution in [0.25, 0.3) is 11.0 Å². The molecule has 108 valence electrons. The second-order valence-corrected chi connectivity index (χ2v) is 6.99. The van der Waals surface area contributed by atoms with Crippen LogP contribution in [0.3, 0.4) is 0 Å². The zero-order chi connectivity index (χ0) is 14.3. The second kappa shape index (κ2) is 5.30. The predicted molar refractivity (Wildman–Crippen MR) is 83.9 cm³/mol. The third kappa shape index (κ3) is 2.27. The fraction of sp³-hybridized carbons (Fsp3) is 0.533. The van der Waals surface area contributed by atoms with Crippen LogP contribution in [0.1, 0.15) is 38.4 Å². The van der Waals surface area contributed by atoms with Gasteiger partial charge in [0.25, 0.3) is 0 Å². The summed E-state index contributed by atoms with van der Waals surface area (Å²) < 4.78 is 16.6. The number of hydrogen-bond donors (Lipinski definition) is 0. The maximum atomic E-state index is 13.9. The molecule has 0 bridgehead atoms. The van der Waals surface area contributed by atoms with E-state index >= 15 is 0 Å². The van der Waals surface area contributed by atoms with E-state index in [9.17, 15) is 4.39 Å². The molecule has 1 aliphatic rings. The number of nitrogens with zero attached hydrogens (tertiary/aromatic N) is 2. The average molecular weight is 360 g/mol. The van der Waals surface area contributed by atoms with E-state index in [1.165, 1.54) is 12.8 Å². The molecule has 0 N–H and O–H groups in total. The van der Waals surface area contributed by atoms with Crippen LogP contribution in [0.15, 0.2) is 16.6 Å². The number of fused-ring (bicyclic) bond motifs is 1. The molecule has 0 atom stereocenters. The zero-order valence-corrected chi connectivity index (χ0v) is 13.8. The minimum absolute atomic E-state index is 0.0381. The number of aromatic nitrogens is 2. The molecule has 1 aliphatic carbocycles. The molecule has 2 nitrogen and oxygen atoms in total. The van der Waals surface area contributed by atoms with Gasteiger partial charge in [0.15, 0.2) is 0 Å². The number of aryl methyl sites for hydroxylation is 1. The lowest BCUT2D eigenvalue weighted by Crippen LogP contribution is -2.28. The fourth-order valence-corrected chi connectivity index (χ4v) is 3.84. The lowest BCUT2D eigenvalue weighted by molar-refractivity contribution is 0.329. The lowest BCUT2D eigenvalue weighted by Gasteiger charge is -2.29. The summed E-state index contributed by atoms with van der Waals surface area (Å²) in [6, 6.07) is 3.35. The summed E-state index contributed by atoms with van der Waals surface area (Å²) in [5.74, 6) is 1.26. The third-order valence-electron chi connectivity index (χ3n) is 4.30. The Bertz CT molecular complexity index is 647. The monoisotopic (exact) mass is 358 g/mol. The molecule has 0 spiro atoms. The highest BCUT2D eigenvalue weighted by Crippen LogP contribution is 2.40. The highest BCUT2D eigenvalue weighted by atomic mass is 79.9. The number of hydrogen-bond acceptors (Lipinski definition) is 1. The Morgan fingerprint density at radius 3 is 2.75 bits per heavy atom. The number of imidazole rings is 1. The molecule has 3 rings (SSSR count). The Hall–Kier alpha value is -0.610. The molecule has 0 amide bonds. The predicted octanol–water partition coefficient (Wildman–Crippen LogP) is 5.01. The molecule has 1 aromatic carbocycles. The van der Waals surface area contributed by atoms with Crippen LogP contribution in [-0.4, -0.2) is 15.4 Å². The van der Waals surface area contributed by atoms with Crippen molar-refractivity contribution in [1.82, 2.24) is 9.55 Å². The highest BCUT2D eigenvalue weighted by Gasteiger charge is 2.34. The SMILES string of the molecule is CC1(n2c(CCCl)nc3cc(Br)c(F)cc32)CCCC1. The topological polar surface area (TPSA) is 17.8 Å². The van der Waals surface area contributed by atoms with E-state index in [-0.39, 0.29) is 11.4 Å². The van der Waals surface area contributed by atoms with Crippen molar-refractivity contribution >= 4 is 38.6 Å². The molecule has 1 aromatic heterocycles. The standard InChI is InChI=1S/C15H17BrClFN2/c1-15(5-2-3-6-15)20-13-9-11(18)10(16)8-12(13)19-14(20)4-7-17/h8-9H,2-7H2,1H3. The molecule has 5 heteroatoms. The van der Waals surface area contributed by atoms with E-state index < -0.39 is 0 Å². The second-order valence-electron chi connectivity index (χ2n) is 5.76. The molecule has 0 unspecified atom stereocenters. The Labute approximate surface area is 131 Å². The fourth-order valence-electron chi connectivity index (χ4n) is 3.34. The molecule has 1 heterocycles. The highest BCUT2D eigenvalue weighted by molar-refractivity contribution is 9.10. The quantitative estimate of drug-likeness (QED) is 0.704. The van der Waals surface area contributed by atoms with Gasteiger partial charge in [0, 0.05) is 23.9 Å². The van der Waals surface area contributed by atoms with Crippen LogP contribution in [0.2, 0.25) is 0 Å². The van der Waals surface area contributed by atoms with E-state index in [4.69, 9.17) is 11.6 Å². The van der Waals surface area contributed by atoms with Crippen LogP contribution < -0.4 is 0 Å². The van der Waals surface area contributed by atoms with E-state index in [1.54, 1.807) is 12.1 Å². The minimum Gasteiger partial charge on any atom is -0.322 e. The van der Waals surface area contributed by atoms with E-state index in [0.717, 1.165) is 29.7 Å². The zero-order valence-electron chi connectivity index (χ0n) is 11.4. The van der Waals surface area contributed by atoms with Gasteiger partial charge in [-0.1, -0.05) is 12.8 Å². The molecule has 1 fully saturated rings. The first-order valence-electron chi connectivity index (χ1n) is 6.98. The lowest BCUT2D eigenvalue weighted by atomic mass is 9.99. The van der Waals surface area contributed by atoms with Gasteiger partial charge in [-0.25, -0.2) is 9.37 Å². The van der Waals surface area contributed by atoms with Crippen molar-refractivity contribution in [2.24, 2.45) is 0 Å². The van der Waals surface area contributed by atoms with Crippen LogP contribution in [0.5, 0.6) is 0 Å². The van der Waals surface area contributed by atoms with Crippen LogP contribution >= 0.6 is 27.5 Å². The Kier molecular flexibility index (Phi) is 3.80. The normalized spacial score (nSPS) is 18.0. The van der Waals surface area contributed by atoms with Crippen molar-refractivity contribution in [2.45, 2.75) is 44.6 Å². The molecule has 0 radical (unpaired) electrons. The van der Waals surface area contributed by atoms with Gasteiger partial charge in [-0.2, -0.15) is 0 Å². The first-order chi connectivity index (χ1) is 9.55. The minimum atomic E-state index is -0.238. The largest absolute Gasteiger partial charge is 0.322 e. The summed E-state index contributed by atoms with van der Waals surface area (Å²) in [5, 5.41) is 0. The van der Waals surface area contributed by atoms with Gasteiger partial charge >= 0.3 is 0 Å². The van der Waals surface area contributed by atoms with Crippen LogP contribution in [-0.2, 0) is 12.0 Å². The third-order valence-corrected chi connectivity index (χ3v) is 5.10. The summed E-state index contributed by atoms with van der Waals surface area (Å²) in [4.78, 5) is 4.68. The number of benzene rings is 1. The first kappa shape index (κ1) is 14.3. The van der Waals surface area contributed by atoms with Gasteiger partial charge in [-0.15, -0.1) is 11.6 Å². The van der Waals surface area contributed by atoms with Crippen molar-refractivity contribution in [3.63, 3.8) is 0 Å². The van der Waals surface area contributed by atoms with Gasteiger partial charge in [0.1, 0.15) is 11.6 Å². The molecule has 2 aromatic rings. The summed E-state index contributed by atoms with van der Waals surface area (Å²) in [7, 11) is 0. The van der Waals surface area contributed by atoms with Crippen LogP contribution in [0.4, 0.5) is 4.39 Å². The molecule has 0 saturated heterocycles. The van der Waals surface area contributed by atoms with Gasteiger partial charge < -0.3 is 4.57 Å². The van der Waals surface area contributed by atoms with Gasteiger partial charge in [0.05, 0.1) is 15.5 Å². The molecule has 1 saturated carbocycles. The van der Waals surface area contributed by atoms with Crippen molar-refractivity contribution in [3.05, 3.63) is 28.2 Å². The van der Waals surface area contributed by atoms with Crippen molar-refractivity contribution in [1.29, 1.82) is 0 Å². The van der Waals surface area contributed by atoms with E-state index in [2.05, 4.69) is 32.4 Å².